The molecule has 2 aromatic rings. The minimum atomic E-state index is -0.232. The Hall–Kier alpha value is -3.46. The third kappa shape index (κ3) is 4.26. The van der Waals surface area contributed by atoms with Gasteiger partial charge in [-0.25, -0.2) is 0 Å². The van der Waals surface area contributed by atoms with Crippen molar-refractivity contribution >= 4 is 17.6 Å². The standard InChI is InChI=1S/C22H21NO5/c1-25-18-9-7-16(12-21(18)27-3)17(13-23)10-14-4-8-19(20(11-14)26-2)28-22(24)15-5-6-15/h4,7-12,15H,5-6H2,1-3H3/b17-10-. The van der Waals surface area contributed by atoms with Crippen molar-refractivity contribution in [3.05, 3.63) is 47.5 Å². The maximum absolute atomic E-state index is 11.9. The van der Waals surface area contributed by atoms with E-state index < -0.39 is 0 Å². The van der Waals surface area contributed by atoms with Crippen LogP contribution in [-0.2, 0) is 4.79 Å². The number of hydrogen-bond donors (Lipinski definition) is 0. The fraction of sp³-hybridized carbons (Fsp3) is 0.273. The third-order valence-electron chi connectivity index (χ3n) is 4.43. The predicted molar refractivity (Wildman–Crippen MR) is 104 cm³/mol. The number of ether oxygens (including phenoxy) is 4. The molecule has 0 unspecified atom stereocenters. The van der Waals surface area contributed by atoms with Gasteiger partial charge in [0.1, 0.15) is 0 Å². The molecule has 6 nitrogen and oxygen atoms in total. The molecule has 28 heavy (non-hydrogen) atoms. The molecular formula is C22H21NO5. The molecule has 0 aromatic heterocycles. The summed E-state index contributed by atoms with van der Waals surface area (Å²) in [7, 11) is 4.61. The summed E-state index contributed by atoms with van der Waals surface area (Å²) in [6, 6.07) is 12.7. The Bertz CT molecular complexity index is 954. The monoisotopic (exact) mass is 379 g/mol. The number of hydrogen-bond acceptors (Lipinski definition) is 6. The van der Waals surface area contributed by atoms with E-state index in [9.17, 15) is 10.1 Å². The van der Waals surface area contributed by atoms with Crippen LogP contribution in [-0.4, -0.2) is 27.3 Å². The van der Waals surface area contributed by atoms with Crippen LogP contribution in [0.15, 0.2) is 36.4 Å². The molecule has 0 atom stereocenters. The van der Waals surface area contributed by atoms with E-state index in [1.54, 1.807) is 56.7 Å². The molecule has 0 N–H and O–H groups in total. The summed E-state index contributed by atoms with van der Waals surface area (Å²) < 4.78 is 21.3. The Morgan fingerprint density at radius 3 is 2.21 bits per heavy atom. The minimum Gasteiger partial charge on any atom is -0.493 e. The van der Waals surface area contributed by atoms with Gasteiger partial charge in [0.15, 0.2) is 23.0 Å². The van der Waals surface area contributed by atoms with Crippen molar-refractivity contribution in [1.29, 1.82) is 5.26 Å². The Labute approximate surface area is 163 Å². The second kappa shape index (κ2) is 8.49. The van der Waals surface area contributed by atoms with Crippen molar-refractivity contribution in [3.63, 3.8) is 0 Å². The molecule has 2 aromatic carbocycles. The lowest BCUT2D eigenvalue weighted by Crippen LogP contribution is -2.10. The van der Waals surface area contributed by atoms with Crippen LogP contribution < -0.4 is 18.9 Å². The Morgan fingerprint density at radius 2 is 1.61 bits per heavy atom. The van der Waals surface area contributed by atoms with Crippen LogP contribution in [0.5, 0.6) is 23.0 Å². The van der Waals surface area contributed by atoms with E-state index in [0.717, 1.165) is 18.4 Å². The lowest BCUT2D eigenvalue weighted by atomic mass is 10.0. The molecule has 1 aliphatic carbocycles. The molecule has 144 valence electrons. The van der Waals surface area contributed by atoms with Crippen molar-refractivity contribution in [2.45, 2.75) is 12.8 Å². The van der Waals surface area contributed by atoms with Gasteiger partial charge in [-0.1, -0.05) is 6.07 Å². The van der Waals surface area contributed by atoms with Crippen LogP contribution in [0.3, 0.4) is 0 Å². The number of nitrogens with zero attached hydrogens (tertiary/aromatic N) is 1. The highest BCUT2D eigenvalue weighted by atomic mass is 16.6. The van der Waals surface area contributed by atoms with Gasteiger partial charge in [-0.15, -0.1) is 0 Å². The first-order valence-electron chi connectivity index (χ1n) is 8.83. The summed E-state index contributed by atoms with van der Waals surface area (Å²) in [5.74, 6) is 1.71. The molecule has 1 aliphatic rings. The summed E-state index contributed by atoms with van der Waals surface area (Å²) in [6.07, 6.45) is 3.48. The number of benzene rings is 2. The van der Waals surface area contributed by atoms with Gasteiger partial charge in [-0.2, -0.15) is 5.26 Å². The molecule has 0 aliphatic heterocycles. The van der Waals surface area contributed by atoms with E-state index in [4.69, 9.17) is 18.9 Å². The van der Waals surface area contributed by atoms with Crippen molar-refractivity contribution in [1.82, 2.24) is 0 Å². The zero-order chi connectivity index (χ0) is 20.1. The van der Waals surface area contributed by atoms with Crippen LogP contribution in [0.2, 0.25) is 0 Å². The van der Waals surface area contributed by atoms with E-state index in [-0.39, 0.29) is 11.9 Å². The second-order valence-corrected chi connectivity index (χ2v) is 6.35. The topological polar surface area (TPSA) is 77.8 Å². The van der Waals surface area contributed by atoms with Crippen LogP contribution in [0.25, 0.3) is 11.6 Å². The number of allylic oxidation sites excluding steroid dienone is 1. The molecule has 1 saturated carbocycles. The average Bonchev–Trinajstić information content (AvgIpc) is 3.57. The Balaban J connectivity index is 1.90. The first kappa shape index (κ1) is 19.3. The van der Waals surface area contributed by atoms with E-state index in [1.807, 2.05) is 0 Å². The molecule has 0 radical (unpaired) electrons. The van der Waals surface area contributed by atoms with E-state index in [0.29, 0.717) is 34.1 Å². The number of carbonyl (C=O) groups is 1. The van der Waals surface area contributed by atoms with Crippen LogP contribution in [0.4, 0.5) is 0 Å². The van der Waals surface area contributed by atoms with Crippen LogP contribution >= 0.6 is 0 Å². The average molecular weight is 379 g/mol. The summed E-state index contributed by atoms with van der Waals surface area (Å²) in [5.41, 5.74) is 1.89. The second-order valence-electron chi connectivity index (χ2n) is 6.35. The lowest BCUT2D eigenvalue weighted by molar-refractivity contribution is -0.135. The van der Waals surface area contributed by atoms with Crippen molar-refractivity contribution in [3.8, 4) is 29.1 Å². The van der Waals surface area contributed by atoms with Crippen LogP contribution in [0.1, 0.15) is 24.0 Å². The smallest absolute Gasteiger partial charge is 0.314 e. The molecule has 6 heteroatoms. The fourth-order valence-electron chi connectivity index (χ4n) is 2.72. The molecule has 0 saturated heterocycles. The number of methoxy groups -OCH3 is 3. The largest absolute Gasteiger partial charge is 0.493 e. The highest BCUT2D eigenvalue weighted by Gasteiger charge is 2.32. The zero-order valence-electron chi connectivity index (χ0n) is 16.0. The van der Waals surface area contributed by atoms with E-state index in [1.165, 1.54) is 7.11 Å². The molecule has 3 rings (SSSR count). The van der Waals surface area contributed by atoms with Gasteiger partial charge in [0.25, 0.3) is 0 Å². The molecule has 1 fully saturated rings. The van der Waals surface area contributed by atoms with Gasteiger partial charge in [0.2, 0.25) is 0 Å². The minimum absolute atomic E-state index is 0.000442. The summed E-state index contributed by atoms with van der Waals surface area (Å²) in [6.45, 7) is 0. The summed E-state index contributed by atoms with van der Waals surface area (Å²) in [5, 5.41) is 9.61. The number of rotatable bonds is 7. The van der Waals surface area contributed by atoms with Gasteiger partial charge in [0, 0.05) is 0 Å². The number of esters is 1. The lowest BCUT2D eigenvalue weighted by Gasteiger charge is -2.11. The Morgan fingerprint density at radius 1 is 0.964 bits per heavy atom. The maximum Gasteiger partial charge on any atom is 0.314 e. The maximum atomic E-state index is 11.9. The van der Waals surface area contributed by atoms with Crippen molar-refractivity contribution < 1.29 is 23.7 Å². The van der Waals surface area contributed by atoms with Gasteiger partial charge >= 0.3 is 5.97 Å². The third-order valence-corrected chi connectivity index (χ3v) is 4.43. The quantitative estimate of drug-likeness (QED) is 0.312. The molecule has 0 amide bonds. The molecule has 0 heterocycles. The summed E-state index contributed by atoms with van der Waals surface area (Å²) >= 11 is 0. The highest BCUT2D eigenvalue weighted by molar-refractivity contribution is 5.90. The van der Waals surface area contributed by atoms with Crippen molar-refractivity contribution in [2.24, 2.45) is 5.92 Å². The van der Waals surface area contributed by atoms with Crippen molar-refractivity contribution in [2.75, 3.05) is 21.3 Å². The van der Waals surface area contributed by atoms with E-state index in [2.05, 4.69) is 6.07 Å². The molecular weight excluding hydrogens is 358 g/mol. The number of nitriles is 1. The highest BCUT2D eigenvalue weighted by Crippen LogP contribution is 2.35. The van der Waals surface area contributed by atoms with E-state index >= 15 is 0 Å². The van der Waals surface area contributed by atoms with Gasteiger partial charge in [0.05, 0.1) is 38.9 Å². The number of carbonyl (C=O) groups excluding carboxylic acids is 1. The normalized spacial score (nSPS) is 13.4. The molecule has 0 spiro atoms. The predicted octanol–water partition coefficient (Wildman–Crippen LogP) is 4.09. The SMILES string of the molecule is COc1ccc(/C(C#N)=C\c2ccc(OC(=O)C3CC3)c(OC)c2)cc1OC. The van der Waals surface area contributed by atoms with Gasteiger partial charge in [-0.3, -0.25) is 4.79 Å². The van der Waals surface area contributed by atoms with Crippen LogP contribution in [0, 0.1) is 17.2 Å². The molecule has 0 bridgehead atoms. The fourth-order valence-corrected chi connectivity index (χ4v) is 2.72. The Kier molecular flexibility index (Phi) is 5.85. The summed E-state index contributed by atoms with van der Waals surface area (Å²) in [4.78, 5) is 11.9. The first-order chi connectivity index (χ1) is 13.6. The zero-order valence-corrected chi connectivity index (χ0v) is 16.0. The first-order valence-corrected chi connectivity index (χ1v) is 8.83. The van der Waals surface area contributed by atoms with Gasteiger partial charge in [-0.05, 0) is 60.4 Å². The van der Waals surface area contributed by atoms with Gasteiger partial charge < -0.3 is 18.9 Å².